The van der Waals surface area contributed by atoms with Crippen molar-refractivity contribution in [3.05, 3.63) is 59.2 Å². The highest BCUT2D eigenvalue weighted by Gasteiger charge is 2.09. The highest BCUT2D eigenvalue weighted by atomic mass is 127. The van der Waals surface area contributed by atoms with Gasteiger partial charge in [0.15, 0.2) is 5.96 Å². The molecule has 5 nitrogen and oxygen atoms in total. The Hall–Kier alpha value is -2.10. The second kappa shape index (κ2) is 12.4. The molecule has 2 rings (SSSR count). The molecule has 0 aliphatic carbocycles. The van der Waals surface area contributed by atoms with Gasteiger partial charge in [-0.05, 0) is 36.6 Å². The summed E-state index contributed by atoms with van der Waals surface area (Å²) in [5.41, 5.74) is 2.87. The van der Waals surface area contributed by atoms with Crippen molar-refractivity contribution in [1.82, 2.24) is 10.6 Å². The number of aryl methyl sites for hydroxylation is 1. The number of guanidine groups is 1. The number of hydrogen-bond donors (Lipinski definition) is 2. The van der Waals surface area contributed by atoms with Crippen LogP contribution in [0.5, 0.6) is 11.5 Å². The maximum absolute atomic E-state index is 12.5. The number of aliphatic imine (C=N–C) groups is 1. The van der Waals surface area contributed by atoms with Crippen LogP contribution in [0.15, 0.2) is 47.5 Å². The predicted molar refractivity (Wildman–Crippen MR) is 118 cm³/mol. The molecule has 0 aliphatic rings. The summed E-state index contributed by atoms with van der Waals surface area (Å²) in [5.74, 6) is 1.61. The molecule has 0 aliphatic heterocycles. The minimum atomic E-state index is -2.85. The third-order valence-corrected chi connectivity index (χ3v) is 4.04. The van der Waals surface area contributed by atoms with E-state index in [9.17, 15) is 8.78 Å². The summed E-state index contributed by atoms with van der Waals surface area (Å²) in [5, 5.41) is 6.32. The van der Waals surface area contributed by atoms with Crippen LogP contribution in [0, 0.1) is 6.92 Å². The highest BCUT2D eigenvalue weighted by molar-refractivity contribution is 14.0. The van der Waals surface area contributed by atoms with Gasteiger partial charge in [0, 0.05) is 25.7 Å². The molecule has 2 aromatic rings. The van der Waals surface area contributed by atoms with E-state index in [0.29, 0.717) is 24.6 Å². The van der Waals surface area contributed by atoms with Crippen molar-refractivity contribution in [3.8, 4) is 11.5 Å². The standard InChI is InChI=1S/C20H25F2N3O2.HI/c1-14-8-9-15(12-18(14)26-3)10-11-24-20(23-2)25-13-16-6-4-5-7-17(16)27-19(21)22;/h4-9,12,19H,10-11,13H2,1-3H3,(H2,23,24,25);1H. The third-order valence-electron chi connectivity index (χ3n) is 4.04. The number of ether oxygens (including phenoxy) is 2. The molecular formula is C20H26F2IN3O2. The molecule has 0 saturated carbocycles. The van der Waals surface area contributed by atoms with E-state index >= 15 is 0 Å². The zero-order chi connectivity index (χ0) is 19.6. The lowest BCUT2D eigenvalue weighted by atomic mass is 10.1. The molecule has 0 spiro atoms. The normalized spacial score (nSPS) is 11.0. The van der Waals surface area contributed by atoms with Gasteiger partial charge in [-0.3, -0.25) is 4.99 Å². The molecule has 0 bridgehead atoms. The van der Waals surface area contributed by atoms with Gasteiger partial charge in [0.2, 0.25) is 0 Å². The first-order valence-electron chi connectivity index (χ1n) is 8.64. The van der Waals surface area contributed by atoms with Crippen LogP contribution in [0.25, 0.3) is 0 Å². The first-order chi connectivity index (χ1) is 13.0. The van der Waals surface area contributed by atoms with Crippen molar-refractivity contribution >= 4 is 29.9 Å². The lowest BCUT2D eigenvalue weighted by Crippen LogP contribution is -2.38. The first-order valence-corrected chi connectivity index (χ1v) is 8.64. The summed E-state index contributed by atoms with van der Waals surface area (Å²) in [4.78, 5) is 4.15. The van der Waals surface area contributed by atoms with Crippen LogP contribution in [0.3, 0.4) is 0 Å². The van der Waals surface area contributed by atoms with Crippen LogP contribution in [-0.4, -0.2) is 33.3 Å². The quantitative estimate of drug-likeness (QED) is 0.322. The Balaban J connectivity index is 0.00000392. The van der Waals surface area contributed by atoms with Crippen LogP contribution in [0.2, 0.25) is 0 Å². The summed E-state index contributed by atoms with van der Waals surface area (Å²) in [6.07, 6.45) is 0.794. The van der Waals surface area contributed by atoms with E-state index in [1.807, 2.05) is 19.1 Å². The topological polar surface area (TPSA) is 54.9 Å². The van der Waals surface area contributed by atoms with Crippen molar-refractivity contribution in [3.63, 3.8) is 0 Å². The van der Waals surface area contributed by atoms with Crippen molar-refractivity contribution in [1.29, 1.82) is 0 Å². The predicted octanol–water partition coefficient (Wildman–Crippen LogP) is 4.13. The van der Waals surface area contributed by atoms with Gasteiger partial charge in [0.05, 0.1) is 7.11 Å². The lowest BCUT2D eigenvalue weighted by Gasteiger charge is -2.15. The molecule has 0 radical (unpaired) electrons. The Bertz CT molecular complexity index is 773. The fourth-order valence-electron chi connectivity index (χ4n) is 2.61. The van der Waals surface area contributed by atoms with Crippen LogP contribution < -0.4 is 20.1 Å². The van der Waals surface area contributed by atoms with Gasteiger partial charge < -0.3 is 20.1 Å². The fourth-order valence-corrected chi connectivity index (χ4v) is 2.61. The van der Waals surface area contributed by atoms with Crippen molar-refractivity contribution in [2.45, 2.75) is 26.5 Å². The summed E-state index contributed by atoms with van der Waals surface area (Å²) in [6.45, 7) is 0.139. The van der Waals surface area contributed by atoms with Crippen LogP contribution in [-0.2, 0) is 13.0 Å². The lowest BCUT2D eigenvalue weighted by molar-refractivity contribution is -0.0504. The van der Waals surface area contributed by atoms with Gasteiger partial charge in [-0.2, -0.15) is 8.78 Å². The molecule has 0 unspecified atom stereocenters. The Morgan fingerprint density at radius 1 is 1.11 bits per heavy atom. The molecule has 154 valence electrons. The SMILES string of the molecule is CN=C(NCCc1ccc(C)c(OC)c1)NCc1ccccc1OC(F)F.I. The maximum Gasteiger partial charge on any atom is 0.387 e. The molecule has 0 fully saturated rings. The molecule has 8 heteroatoms. The number of nitrogens with one attached hydrogen (secondary N) is 2. The smallest absolute Gasteiger partial charge is 0.387 e. The molecule has 2 N–H and O–H groups in total. The van der Waals surface area contributed by atoms with Crippen molar-refractivity contribution < 1.29 is 18.3 Å². The number of alkyl halides is 2. The average molecular weight is 505 g/mol. The van der Waals surface area contributed by atoms with E-state index in [4.69, 9.17) is 4.74 Å². The largest absolute Gasteiger partial charge is 0.496 e. The average Bonchev–Trinajstić information content (AvgIpc) is 2.66. The van der Waals surface area contributed by atoms with Gasteiger partial charge in [-0.15, -0.1) is 24.0 Å². The van der Waals surface area contributed by atoms with E-state index in [0.717, 1.165) is 23.3 Å². The first kappa shape index (κ1) is 23.9. The number of rotatable bonds is 8. The maximum atomic E-state index is 12.5. The number of benzene rings is 2. The fraction of sp³-hybridized carbons (Fsp3) is 0.350. The van der Waals surface area contributed by atoms with Crippen LogP contribution >= 0.6 is 24.0 Å². The molecule has 0 saturated heterocycles. The second-order valence-corrected chi connectivity index (χ2v) is 5.89. The van der Waals surface area contributed by atoms with Gasteiger partial charge in [-0.25, -0.2) is 0 Å². The van der Waals surface area contributed by atoms with Gasteiger partial charge in [0.25, 0.3) is 0 Å². The number of para-hydroxylation sites is 1. The zero-order valence-corrected chi connectivity index (χ0v) is 18.5. The highest BCUT2D eigenvalue weighted by Crippen LogP contribution is 2.20. The van der Waals surface area contributed by atoms with Gasteiger partial charge in [-0.1, -0.05) is 30.3 Å². The monoisotopic (exact) mass is 505 g/mol. The Labute approximate surface area is 181 Å². The summed E-state index contributed by atoms with van der Waals surface area (Å²) < 4.78 is 34.8. The Morgan fingerprint density at radius 2 is 1.86 bits per heavy atom. The zero-order valence-electron chi connectivity index (χ0n) is 16.2. The molecule has 0 atom stereocenters. The van der Waals surface area contributed by atoms with Gasteiger partial charge in [0.1, 0.15) is 11.5 Å². The Morgan fingerprint density at radius 3 is 2.54 bits per heavy atom. The number of nitrogens with zero attached hydrogens (tertiary/aromatic N) is 1. The number of halogens is 3. The van der Waals surface area contributed by atoms with Crippen molar-refractivity contribution in [2.75, 3.05) is 20.7 Å². The minimum absolute atomic E-state index is 0. The molecule has 0 heterocycles. The Kier molecular flexibility index (Phi) is 10.6. The van der Waals surface area contributed by atoms with Crippen molar-refractivity contribution in [2.24, 2.45) is 4.99 Å². The molecule has 0 aromatic heterocycles. The van der Waals surface area contributed by atoms with E-state index in [-0.39, 0.29) is 29.7 Å². The molecular weight excluding hydrogens is 479 g/mol. The van der Waals surface area contributed by atoms with E-state index in [2.05, 4.69) is 26.4 Å². The van der Waals surface area contributed by atoms with Crippen LogP contribution in [0.4, 0.5) is 8.78 Å². The summed E-state index contributed by atoms with van der Waals surface area (Å²) in [6, 6.07) is 12.8. The molecule has 28 heavy (non-hydrogen) atoms. The van der Waals surface area contributed by atoms with Gasteiger partial charge >= 0.3 is 6.61 Å². The summed E-state index contributed by atoms with van der Waals surface area (Å²) >= 11 is 0. The number of hydrogen-bond acceptors (Lipinski definition) is 3. The van der Waals surface area contributed by atoms with E-state index in [1.165, 1.54) is 6.07 Å². The molecule has 0 amide bonds. The van der Waals surface area contributed by atoms with Crippen LogP contribution in [0.1, 0.15) is 16.7 Å². The number of methoxy groups -OCH3 is 1. The molecule has 2 aromatic carbocycles. The van der Waals surface area contributed by atoms with E-state index < -0.39 is 6.61 Å². The van der Waals surface area contributed by atoms with E-state index in [1.54, 1.807) is 32.4 Å². The minimum Gasteiger partial charge on any atom is -0.496 e. The third kappa shape index (κ3) is 7.49. The second-order valence-electron chi connectivity index (χ2n) is 5.89. The summed E-state index contributed by atoms with van der Waals surface area (Å²) in [7, 11) is 3.32.